The molecule has 0 radical (unpaired) electrons. The van der Waals surface area contributed by atoms with Crippen LogP contribution in [0.25, 0.3) is 0 Å². The van der Waals surface area contributed by atoms with Crippen LogP contribution in [0.3, 0.4) is 0 Å². The zero-order valence-corrected chi connectivity index (χ0v) is 11.7. The molecular weight excluding hydrogens is 252 g/mol. The Morgan fingerprint density at radius 2 is 2.25 bits per heavy atom. The number of aromatic nitrogens is 4. The number of nitrogens with zero attached hydrogens (tertiary/aromatic N) is 5. The van der Waals surface area contributed by atoms with E-state index in [9.17, 15) is 0 Å². The third-order valence-corrected chi connectivity index (χ3v) is 3.79. The van der Waals surface area contributed by atoms with Crippen LogP contribution in [0, 0.1) is 5.92 Å². The molecule has 0 bridgehead atoms. The second-order valence-electron chi connectivity index (χ2n) is 5.60. The average Bonchev–Trinajstić information content (AvgIpc) is 2.99. The fourth-order valence-electron chi connectivity index (χ4n) is 2.62. The largest absolute Gasteiger partial charge is 0.326 e. The highest BCUT2D eigenvalue weighted by molar-refractivity contribution is 5.09. The summed E-state index contributed by atoms with van der Waals surface area (Å²) in [6.07, 6.45) is 5.62. The molecule has 1 fully saturated rings. The van der Waals surface area contributed by atoms with Crippen LogP contribution in [0.4, 0.5) is 0 Å². The second kappa shape index (κ2) is 5.68. The molecule has 0 saturated carbocycles. The van der Waals surface area contributed by atoms with Crippen molar-refractivity contribution in [2.45, 2.75) is 26.1 Å². The van der Waals surface area contributed by atoms with Crippen molar-refractivity contribution >= 4 is 0 Å². The molecule has 2 unspecified atom stereocenters. The van der Waals surface area contributed by atoms with Crippen molar-refractivity contribution in [3.63, 3.8) is 0 Å². The lowest BCUT2D eigenvalue weighted by molar-refractivity contribution is 0.315. The molecule has 6 heteroatoms. The Kier molecular flexibility index (Phi) is 3.75. The van der Waals surface area contributed by atoms with Crippen molar-refractivity contribution in [2.75, 3.05) is 13.1 Å². The Balaban J connectivity index is 1.60. The number of hydrogen-bond donors (Lipinski definition) is 1. The quantitative estimate of drug-likeness (QED) is 0.877. The van der Waals surface area contributed by atoms with Gasteiger partial charge in [0.1, 0.15) is 0 Å². The molecule has 3 rings (SSSR count). The summed E-state index contributed by atoms with van der Waals surface area (Å²) in [5.41, 5.74) is 8.16. The van der Waals surface area contributed by atoms with Gasteiger partial charge in [-0.3, -0.25) is 9.88 Å². The summed E-state index contributed by atoms with van der Waals surface area (Å²) in [6.45, 7) is 5.71. The number of likely N-dealkylation sites (tertiary alicyclic amines) is 1. The predicted molar refractivity (Wildman–Crippen MR) is 75.8 cm³/mol. The molecular formula is C14H20N6. The van der Waals surface area contributed by atoms with E-state index in [0.717, 1.165) is 30.9 Å². The summed E-state index contributed by atoms with van der Waals surface area (Å²) in [5.74, 6) is 0.556. The summed E-state index contributed by atoms with van der Waals surface area (Å²) >= 11 is 0. The van der Waals surface area contributed by atoms with Crippen LogP contribution in [0.15, 0.2) is 30.7 Å². The molecule has 6 nitrogen and oxygen atoms in total. The third kappa shape index (κ3) is 3.02. The molecule has 1 aliphatic rings. The van der Waals surface area contributed by atoms with Crippen molar-refractivity contribution in [3.05, 3.63) is 42.0 Å². The molecule has 106 valence electrons. The maximum absolute atomic E-state index is 6.04. The molecule has 2 atom stereocenters. The van der Waals surface area contributed by atoms with Gasteiger partial charge in [0.05, 0.1) is 18.4 Å². The number of rotatable bonds is 4. The SMILES string of the molecule is CC1CN(Cc2cn(Cc3cccnc3)nn2)CC1N. The van der Waals surface area contributed by atoms with Crippen LogP contribution in [-0.4, -0.2) is 44.0 Å². The summed E-state index contributed by atoms with van der Waals surface area (Å²) in [6, 6.07) is 4.25. The molecule has 2 aromatic heterocycles. The summed E-state index contributed by atoms with van der Waals surface area (Å²) in [4.78, 5) is 6.44. The fourth-order valence-corrected chi connectivity index (χ4v) is 2.62. The minimum absolute atomic E-state index is 0.278. The molecule has 2 N–H and O–H groups in total. The van der Waals surface area contributed by atoms with Crippen molar-refractivity contribution < 1.29 is 0 Å². The Morgan fingerprint density at radius 3 is 2.95 bits per heavy atom. The van der Waals surface area contributed by atoms with Crippen molar-refractivity contribution in [2.24, 2.45) is 11.7 Å². The van der Waals surface area contributed by atoms with Gasteiger partial charge in [0.25, 0.3) is 0 Å². The normalized spacial score (nSPS) is 23.3. The maximum atomic E-state index is 6.04. The molecule has 1 saturated heterocycles. The molecule has 0 spiro atoms. The topological polar surface area (TPSA) is 72.9 Å². The van der Waals surface area contributed by atoms with Crippen LogP contribution in [0.2, 0.25) is 0 Å². The van der Waals surface area contributed by atoms with E-state index in [1.807, 2.05) is 29.2 Å². The van der Waals surface area contributed by atoms with E-state index in [-0.39, 0.29) is 6.04 Å². The maximum Gasteiger partial charge on any atom is 0.0967 e. The van der Waals surface area contributed by atoms with E-state index in [2.05, 4.69) is 27.1 Å². The smallest absolute Gasteiger partial charge is 0.0967 e. The fraction of sp³-hybridized carbons (Fsp3) is 0.500. The predicted octanol–water partition coefficient (Wildman–Crippen LogP) is 0.500. The van der Waals surface area contributed by atoms with Gasteiger partial charge in [0.15, 0.2) is 0 Å². The van der Waals surface area contributed by atoms with Gasteiger partial charge in [0, 0.05) is 38.1 Å². The van der Waals surface area contributed by atoms with Gasteiger partial charge in [-0.15, -0.1) is 5.10 Å². The number of hydrogen-bond acceptors (Lipinski definition) is 5. The Hall–Kier alpha value is -1.79. The summed E-state index contributed by atoms with van der Waals surface area (Å²) in [7, 11) is 0. The van der Waals surface area contributed by atoms with Crippen LogP contribution in [-0.2, 0) is 13.1 Å². The zero-order chi connectivity index (χ0) is 13.9. The third-order valence-electron chi connectivity index (χ3n) is 3.79. The molecule has 20 heavy (non-hydrogen) atoms. The molecule has 0 aromatic carbocycles. The lowest BCUT2D eigenvalue weighted by Gasteiger charge is -2.12. The first-order valence-corrected chi connectivity index (χ1v) is 6.96. The van der Waals surface area contributed by atoms with E-state index in [0.29, 0.717) is 12.5 Å². The first kappa shape index (κ1) is 13.2. The molecule has 0 amide bonds. The van der Waals surface area contributed by atoms with Gasteiger partial charge in [0.2, 0.25) is 0 Å². The molecule has 0 aliphatic carbocycles. The Bertz CT molecular complexity index is 542. The zero-order valence-electron chi connectivity index (χ0n) is 11.7. The second-order valence-corrected chi connectivity index (χ2v) is 5.60. The standard InChI is InChI=1S/C14H20N6/c1-11-6-19(10-14(11)15)8-13-9-20(18-17-13)7-12-3-2-4-16-5-12/h2-5,9,11,14H,6-8,10,15H2,1H3. The van der Waals surface area contributed by atoms with Gasteiger partial charge in [-0.2, -0.15) is 0 Å². The lowest BCUT2D eigenvalue weighted by Crippen LogP contribution is -2.28. The van der Waals surface area contributed by atoms with Gasteiger partial charge in [-0.25, -0.2) is 4.68 Å². The molecule has 3 heterocycles. The molecule has 2 aromatic rings. The van der Waals surface area contributed by atoms with E-state index in [4.69, 9.17) is 5.73 Å². The number of pyridine rings is 1. The highest BCUT2D eigenvalue weighted by Gasteiger charge is 2.26. The number of nitrogens with two attached hydrogens (primary N) is 1. The lowest BCUT2D eigenvalue weighted by atomic mass is 10.1. The van der Waals surface area contributed by atoms with Crippen molar-refractivity contribution in [3.8, 4) is 0 Å². The van der Waals surface area contributed by atoms with Crippen molar-refractivity contribution in [1.82, 2.24) is 24.9 Å². The minimum Gasteiger partial charge on any atom is -0.326 e. The first-order valence-electron chi connectivity index (χ1n) is 6.96. The van der Waals surface area contributed by atoms with Crippen LogP contribution >= 0.6 is 0 Å². The summed E-state index contributed by atoms with van der Waals surface area (Å²) in [5, 5.41) is 8.41. The van der Waals surface area contributed by atoms with E-state index in [1.165, 1.54) is 0 Å². The first-order chi connectivity index (χ1) is 9.70. The van der Waals surface area contributed by atoms with Gasteiger partial charge < -0.3 is 5.73 Å². The van der Waals surface area contributed by atoms with E-state index < -0.39 is 0 Å². The molecule has 1 aliphatic heterocycles. The Labute approximate surface area is 118 Å². The highest BCUT2D eigenvalue weighted by atomic mass is 15.4. The van der Waals surface area contributed by atoms with E-state index in [1.54, 1.807) is 6.20 Å². The van der Waals surface area contributed by atoms with Crippen molar-refractivity contribution in [1.29, 1.82) is 0 Å². The van der Waals surface area contributed by atoms with Crippen LogP contribution in [0.5, 0.6) is 0 Å². The van der Waals surface area contributed by atoms with Gasteiger partial charge in [-0.05, 0) is 17.5 Å². The van der Waals surface area contributed by atoms with Crippen LogP contribution in [0.1, 0.15) is 18.2 Å². The van der Waals surface area contributed by atoms with E-state index >= 15 is 0 Å². The minimum atomic E-state index is 0.278. The average molecular weight is 272 g/mol. The van der Waals surface area contributed by atoms with Crippen LogP contribution < -0.4 is 5.73 Å². The Morgan fingerprint density at radius 1 is 1.35 bits per heavy atom. The van der Waals surface area contributed by atoms with Gasteiger partial charge in [-0.1, -0.05) is 18.2 Å². The van der Waals surface area contributed by atoms with Gasteiger partial charge >= 0.3 is 0 Å². The highest BCUT2D eigenvalue weighted by Crippen LogP contribution is 2.16. The monoisotopic (exact) mass is 272 g/mol. The summed E-state index contributed by atoms with van der Waals surface area (Å²) < 4.78 is 1.85.